The van der Waals surface area contributed by atoms with Gasteiger partial charge >= 0.3 is 5.97 Å². The van der Waals surface area contributed by atoms with Crippen molar-refractivity contribution in [1.82, 2.24) is 0 Å². The van der Waals surface area contributed by atoms with Gasteiger partial charge in [0.25, 0.3) is 0 Å². The van der Waals surface area contributed by atoms with E-state index in [0.717, 1.165) is 22.1 Å². The Morgan fingerprint density at radius 1 is 1.11 bits per heavy atom. The highest BCUT2D eigenvalue weighted by molar-refractivity contribution is 5.85. The number of carboxylic acid groups (broad SMARTS) is 1. The van der Waals surface area contributed by atoms with E-state index in [1.54, 1.807) is 14.0 Å². The Hall–Kier alpha value is -2.03. The third kappa shape index (κ3) is 2.70. The molecular formula is C16H18O3. The van der Waals surface area contributed by atoms with Crippen molar-refractivity contribution in [2.45, 2.75) is 19.8 Å². The Morgan fingerprint density at radius 2 is 1.74 bits per heavy atom. The maximum Gasteiger partial charge on any atom is 0.306 e. The fourth-order valence-electron chi connectivity index (χ4n) is 2.16. The Labute approximate surface area is 112 Å². The van der Waals surface area contributed by atoms with E-state index < -0.39 is 11.9 Å². The Balaban J connectivity index is 2.39. The highest BCUT2D eigenvalue weighted by Gasteiger charge is 2.20. The Bertz CT molecular complexity index is 604. The van der Waals surface area contributed by atoms with E-state index in [2.05, 4.69) is 6.07 Å². The van der Waals surface area contributed by atoms with Crippen LogP contribution in [0, 0.1) is 5.92 Å². The van der Waals surface area contributed by atoms with Crippen LogP contribution < -0.4 is 4.74 Å². The number of methoxy groups -OCH3 is 1. The van der Waals surface area contributed by atoms with E-state index >= 15 is 0 Å². The van der Waals surface area contributed by atoms with Crippen LogP contribution in [0.4, 0.5) is 0 Å². The van der Waals surface area contributed by atoms with Crippen LogP contribution in [0.5, 0.6) is 5.75 Å². The van der Waals surface area contributed by atoms with Crippen LogP contribution in [0.3, 0.4) is 0 Å². The molecule has 0 bridgehead atoms. The smallest absolute Gasteiger partial charge is 0.306 e. The zero-order valence-electron chi connectivity index (χ0n) is 11.4. The largest absolute Gasteiger partial charge is 0.497 e. The van der Waals surface area contributed by atoms with Crippen molar-refractivity contribution < 1.29 is 14.6 Å². The summed E-state index contributed by atoms with van der Waals surface area (Å²) in [6.07, 6.45) is 0. The van der Waals surface area contributed by atoms with Crippen molar-refractivity contribution in [3.63, 3.8) is 0 Å². The average molecular weight is 258 g/mol. The normalized spacial score (nSPS) is 14.1. The second kappa shape index (κ2) is 5.31. The molecule has 0 saturated heterocycles. The first-order chi connectivity index (χ1) is 9.02. The van der Waals surface area contributed by atoms with Gasteiger partial charge in [-0.15, -0.1) is 0 Å². The van der Waals surface area contributed by atoms with Crippen LogP contribution in [-0.2, 0) is 4.79 Å². The molecule has 1 N–H and O–H groups in total. The summed E-state index contributed by atoms with van der Waals surface area (Å²) >= 11 is 0. The van der Waals surface area contributed by atoms with Crippen LogP contribution in [0.1, 0.15) is 25.3 Å². The molecule has 0 radical (unpaired) electrons. The number of rotatable bonds is 4. The zero-order valence-corrected chi connectivity index (χ0v) is 11.4. The summed E-state index contributed by atoms with van der Waals surface area (Å²) in [4.78, 5) is 11.0. The molecule has 19 heavy (non-hydrogen) atoms. The van der Waals surface area contributed by atoms with Gasteiger partial charge in [0, 0.05) is 0 Å². The van der Waals surface area contributed by atoms with Gasteiger partial charge in [-0.1, -0.05) is 38.1 Å². The maximum absolute atomic E-state index is 11.0. The lowest BCUT2D eigenvalue weighted by Crippen LogP contribution is -2.16. The van der Waals surface area contributed by atoms with E-state index in [1.165, 1.54) is 0 Å². The minimum absolute atomic E-state index is 0.0102. The fourth-order valence-corrected chi connectivity index (χ4v) is 2.16. The molecular weight excluding hydrogens is 240 g/mol. The van der Waals surface area contributed by atoms with Crippen LogP contribution in [0.25, 0.3) is 10.8 Å². The number of hydrogen-bond acceptors (Lipinski definition) is 2. The monoisotopic (exact) mass is 258 g/mol. The first-order valence-electron chi connectivity index (χ1n) is 6.33. The van der Waals surface area contributed by atoms with Gasteiger partial charge in [-0.2, -0.15) is 0 Å². The SMILES string of the molecule is COc1ccc2cc(C(C)C(C)C(=O)O)ccc2c1. The number of ether oxygens (including phenoxy) is 1. The molecule has 2 aromatic rings. The Morgan fingerprint density at radius 3 is 2.37 bits per heavy atom. The van der Waals surface area contributed by atoms with Crippen molar-refractivity contribution in [2.24, 2.45) is 5.92 Å². The molecule has 2 atom stereocenters. The molecule has 0 spiro atoms. The molecule has 0 aliphatic rings. The summed E-state index contributed by atoms with van der Waals surface area (Å²) in [7, 11) is 1.64. The molecule has 2 aromatic carbocycles. The minimum Gasteiger partial charge on any atom is -0.497 e. The number of aliphatic carboxylic acids is 1. The van der Waals surface area contributed by atoms with Gasteiger partial charge in [-0.25, -0.2) is 0 Å². The fraction of sp³-hybridized carbons (Fsp3) is 0.312. The topological polar surface area (TPSA) is 46.5 Å². The lowest BCUT2D eigenvalue weighted by molar-refractivity contribution is -0.141. The van der Waals surface area contributed by atoms with E-state index in [4.69, 9.17) is 9.84 Å². The second-order valence-electron chi connectivity index (χ2n) is 4.89. The predicted octanol–water partition coefficient (Wildman–Crippen LogP) is 3.67. The highest BCUT2D eigenvalue weighted by Crippen LogP contribution is 2.28. The minimum atomic E-state index is -0.762. The van der Waals surface area contributed by atoms with E-state index in [9.17, 15) is 4.79 Å². The van der Waals surface area contributed by atoms with Crippen molar-refractivity contribution in [1.29, 1.82) is 0 Å². The van der Waals surface area contributed by atoms with Gasteiger partial charge in [0.1, 0.15) is 5.75 Å². The number of carboxylic acids is 1. The van der Waals surface area contributed by atoms with Crippen molar-refractivity contribution in [3.8, 4) is 5.75 Å². The molecule has 0 aliphatic heterocycles. The van der Waals surface area contributed by atoms with E-state index in [1.807, 2.05) is 37.3 Å². The van der Waals surface area contributed by atoms with Gasteiger partial charge in [-0.05, 0) is 34.4 Å². The van der Waals surface area contributed by atoms with Gasteiger partial charge in [0.05, 0.1) is 13.0 Å². The summed E-state index contributed by atoms with van der Waals surface area (Å²) in [6, 6.07) is 11.9. The average Bonchev–Trinajstić information content (AvgIpc) is 2.44. The van der Waals surface area contributed by atoms with Crippen molar-refractivity contribution in [3.05, 3.63) is 42.0 Å². The molecule has 2 unspecified atom stereocenters. The highest BCUT2D eigenvalue weighted by atomic mass is 16.5. The number of carbonyl (C=O) groups is 1. The van der Waals surface area contributed by atoms with Crippen LogP contribution in [0.2, 0.25) is 0 Å². The zero-order chi connectivity index (χ0) is 14.0. The first kappa shape index (κ1) is 13.4. The molecule has 100 valence electrons. The predicted molar refractivity (Wildman–Crippen MR) is 75.7 cm³/mol. The van der Waals surface area contributed by atoms with Gasteiger partial charge in [0.2, 0.25) is 0 Å². The summed E-state index contributed by atoms with van der Waals surface area (Å²) in [5.74, 6) is -0.339. The van der Waals surface area contributed by atoms with Gasteiger partial charge in [-0.3, -0.25) is 4.79 Å². The Kier molecular flexibility index (Phi) is 3.74. The quantitative estimate of drug-likeness (QED) is 0.910. The van der Waals surface area contributed by atoms with Crippen molar-refractivity contribution in [2.75, 3.05) is 7.11 Å². The summed E-state index contributed by atoms with van der Waals surface area (Å²) in [6.45, 7) is 3.69. The van der Waals surface area contributed by atoms with Crippen LogP contribution >= 0.6 is 0 Å². The molecule has 3 heteroatoms. The number of hydrogen-bond donors (Lipinski definition) is 1. The standard InChI is InChI=1S/C16H18O3/c1-10(11(2)16(17)18)12-4-5-14-9-15(19-3)7-6-13(14)8-12/h4-11H,1-3H3,(H,17,18). The lowest BCUT2D eigenvalue weighted by Gasteiger charge is -2.17. The third-order valence-electron chi connectivity index (χ3n) is 3.74. The van der Waals surface area contributed by atoms with Crippen LogP contribution in [0.15, 0.2) is 36.4 Å². The summed E-state index contributed by atoms with van der Waals surface area (Å²) < 4.78 is 5.19. The molecule has 0 heterocycles. The van der Waals surface area contributed by atoms with Crippen molar-refractivity contribution >= 4 is 16.7 Å². The molecule has 0 aromatic heterocycles. The maximum atomic E-state index is 11.0. The van der Waals surface area contributed by atoms with E-state index in [0.29, 0.717) is 0 Å². The summed E-state index contributed by atoms with van der Waals surface area (Å²) in [5.41, 5.74) is 1.05. The second-order valence-corrected chi connectivity index (χ2v) is 4.89. The lowest BCUT2D eigenvalue weighted by atomic mass is 9.88. The van der Waals surface area contributed by atoms with E-state index in [-0.39, 0.29) is 5.92 Å². The van der Waals surface area contributed by atoms with Gasteiger partial charge < -0.3 is 9.84 Å². The molecule has 0 fully saturated rings. The molecule has 0 amide bonds. The summed E-state index contributed by atoms with van der Waals surface area (Å²) in [5, 5.41) is 11.3. The first-order valence-corrected chi connectivity index (χ1v) is 6.33. The van der Waals surface area contributed by atoms with Gasteiger partial charge in [0.15, 0.2) is 0 Å². The third-order valence-corrected chi connectivity index (χ3v) is 3.74. The van der Waals surface area contributed by atoms with Crippen LogP contribution in [-0.4, -0.2) is 18.2 Å². The molecule has 2 rings (SSSR count). The number of benzene rings is 2. The molecule has 0 aliphatic carbocycles. The molecule has 3 nitrogen and oxygen atoms in total. The molecule has 0 saturated carbocycles. The number of fused-ring (bicyclic) bond motifs is 1.